The summed E-state index contributed by atoms with van der Waals surface area (Å²) in [6.45, 7) is -0.162. The second kappa shape index (κ2) is 7.59. The minimum Gasteiger partial charge on any atom is -0.274 e. The molecule has 33 heavy (non-hydrogen) atoms. The van der Waals surface area contributed by atoms with E-state index in [9.17, 15) is 26.8 Å². The highest BCUT2D eigenvalue weighted by atomic mass is 32.2. The van der Waals surface area contributed by atoms with Crippen LogP contribution in [0.1, 0.15) is 26.5 Å². The number of carbonyl (C=O) groups excluding carboxylic acids is 2. The Morgan fingerprint density at radius 3 is 2.03 bits per heavy atom. The van der Waals surface area contributed by atoms with Gasteiger partial charge < -0.3 is 0 Å². The molecule has 0 saturated heterocycles. The Hall–Kier alpha value is -3.92. The van der Waals surface area contributed by atoms with E-state index in [1.54, 1.807) is 18.2 Å². The predicted molar refractivity (Wildman–Crippen MR) is 114 cm³/mol. The van der Waals surface area contributed by atoms with E-state index in [1.807, 2.05) is 0 Å². The van der Waals surface area contributed by atoms with Crippen molar-refractivity contribution in [1.82, 2.24) is 13.9 Å². The molecule has 2 heterocycles. The van der Waals surface area contributed by atoms with E-state index in [0.29, 0.717) is 0 Å². The molecular formula is C23H15F2N3O4S. The third-order valence-electron chi connectivity index (χ3n) is 5.44. The van der Waals surface area contributed by atoms with Gasteiger partial charge in [0.1, 0.15) is 5.82 Å². The SMILES string of the molecule is O=C1c2ccccc2C(=O)N1CCc1nc2cc(F)c(F)cc2n1S(=O)(=O)c1ccccc1. The molecule has 166 valence electrons. The van der Waals surface area contributed by atoms with Crippen LogP contribution in [-0.2, 0) is 16.4 Å². The van der Waals surface area contributed by atoms with Gasteiger partial charge in [0.25, 0.3) is 21.8 Å². The van der Waals surface area contributed by atoms with Crippen molar-refractivity contribution in [1.29, 1.82) is 0 Å². The number of amides is 2. The molecule has 1 aromatic heterocycles. The second-order valence-corrected chi connectivity index (χ2v) is 9.21. The monoisotopic (exact) mass is 467 g/mol. The molecule has 4 aromatic rings. The number of hydrogen-bond donors (Lipinski definition) is 0. The number of imidazole rings is 1. The lowest BCUT2D eigenvalue weighted by Crippen LogP contribution is -2.32. The molecule has 1 aliphatic rings. The first-order valence-corrected chi connectivity index (χ1v) is 11.4. The summed E-state index contributed by atoms with van der Waals surface area (Å²) in [4.78, 5) is 30.4. The van der Waals surface area contributed by atoms with Gasteiger partial charge in [0, 0.05) is 25.1 Å². The van der Waals surface area contributed by atoms with Gasteiger partial charge in [0.2, 0.25) is 0 Å². The Morgan fingerprint density at radius 2 is 1.39 bits per heavy atom. The Kier molecular flexibility index (Phi) is 4.82. The Labute approximate surface area is 186 Å². The molecule has 0 bridgehead atoms. The van der Waals surface area contributed by atoms with E-state index in [1.165, 1.54) is 36.4 Å². The maximum atomic E-state index is 14.0. The second-order valence-electron chi connectivity index (χ2n) is 7.42. The number of nitrogens with zero attached hydrogens (tertiary/aromatic N) is 3. The van der Waals surface area contributed by atoms with Gasteiger partial charge in [-0.15, -0.1) is 0 Å². The fourth-order valence-corrected chi connectivity index (χ4v) is 5.41. The average Bonchev–Trinajstić information content (AvgIpc) is 3.28. The summed E-state index contributed by atoms with van der Waals surface area (Å²) < 4.78 is 55.4. The quantitative estimate of drug-likeness (QED) is 0.420. The Morgan fingerprint density at radius 1 is 0.818 bits per heavy atom. The van der Waals surface area contributed by atoms with Gasteiger partial charge >= 0.3 is 0 Å². The maximum absolute atomic E-state index is 14.0. The normalized spacial score (nSPS) is 13.7. The number of hydrogen-bond acceptors (Lipinski definition) is 5. The van der Waals surface area contributed by atoms with Gasteiger partial charge in [-0.3, -0.25) is 14.5 Å². The molecule has 0 radical (unpaired) electrons. The fourth-order valence-electron chi connectivity index (χ4n) is 3.88. The lowest BCUT2D eigenvalue weighted by Gasteiger charge is -2.15. The fraction of sp³-hybridized carbons (Fsp3) is 0.0870. The number of benzene rings is 3. The molecule has 0 atom stereocenters. The van der Waals surface area contributed by atoms with Crippen molar-refractivity contribution in [2.24, 2.45) is 0 Å². The molecule has 10 heteroatoms. The van der Waals surface area contributed by atoms with Gasteiger partial charge in [-0.25, -0.2) is 26.2 Å². The number of aromatic nitrogens is 2. The molecule has 1 aliphatic heterocycles. The summed E-state index contributed by atoms with van der Waals surface area (Å²) in [7, 11) is -4.23. The van der Waals surface area contributed by atoms with Gasteiger partial charge in [-0.05, 0) is 24.3 Å². The molecule has 3 aromatic carbocycles. The van der Waals surface area contributed by atoms with E-state index in [4.69, 9.17) is 0 Å². The van der Waals surface area contributed by atoms with Gasteiger partial charge in [0.05, 0.1) is 27.1 Å². The standard InChI is InChI=1S/C23H15F2N3O4S/c24-17-12-19-20(13-18(17)25)28(33(31,32)14-6-2-1-3-7-14)21(26-19)10-11-27-22(29)15-8-4-5-9-16(15)23(27)30/h1-9,12-13H,10-11H2. The van der Waals surface area contributed by atoms with E-state index < -0.39 is 33.5 Å². The average molecular weight is 467 g/mol. The molecule has 2 amide bonds. The van der Waals surface area contributed by atoms with Crippen LogP contribution in [0.2, 0.25) is 0 Å². The maximum Gasteiger partial charge on any atom is 0.269 e. The van der Waals surface area contributed by atoms with E-state index in [0.717, 1.165) is 21.0 Å². The van der Waals surface area contributed by atoms with Gasteiger partial charge in [0.15, 0.2) is 11.6 Å². The first kappa shape index (κ1) is 21.0. The van der Waals surface area contributed by atoms with Crippen LogP contribution >= 0.6 is 0 Å². The molecule has 0 aliphatic carbocycles. The summed E-state index contributed by atoms with van der Waals surface area (Å²) >= 11 is 0. The van der Waals surface area contributed by atoms with Gasteiger partial charge in [-0.1, -0.05) is 30.3 Å². The predicted octanol–water partition coefficient (Wildman–Crippen LogP) is 3.39. The van der Waals surface area contributed by atoms with Crippen molar-refractivity contribution in [2.75, 3.05) is 6.54 Å². The lowest BCUT2D eigenvalue weighted by molar-refractivity contribution is 0.0655. The molecule has 0 saturated carbocycles. The molecule has 7 nitrogen and oxygen atoms in total. The van der Waals surface area contributed by atoms with Crippen LogP contribution in [0.25, 0.3) is 11.0 Å². The van der Waals surface area contributed by atoms with Crippen LogP contribution in [0.5, 0.6) is 0 Å². The van der Waals surface area contributed by atoms with Crippen LogP contribution in [0.4, 0.5) is 8.78 Å². The molecule has 0 unspecified atom stereocenters. The highest BCUT2D eigenvalue weighted by Crippen LogP contribution is 2.27. The van der Waals surface area contributed by atoms with Crippen LogP contribution in [-0.4, -0.2) is 40.6 Å². The first-order chi connectivity index (χ1) is 15.8. The summed E-state index contributed by atoms with van der Waals surface area (Å²) in [6.07, 6.45) is -0.143. The van der Waals surface area contributed by atoms with Crippen LogP contribution in [0.3, 0.4) is 0 Å². The van der Waals surface area contributed by atoms with E-state index in [2.05, 4.69) is 4.98 Å². The van der Waals surface area contributed by atoms with Crippen molar-refractivity contribution in [3.05, 3.63) is 95.3 Å². The number of rotatable bonds is 5. The third-order valence-corrected chi connectivity index (χ3v) is 7.19. The van der Waals surface area contributed by atoms with Crippen LogP contribution in [0.15, 0.2) is 71.6 Å². The number of imide groups is 1. The molecule has 0 fully saturated rings. The van der Waals surface area contributed by atoms with Crippen molar-refractivity contribution in [3.8, 4) is 0 Å². The van der Waals surface area contributed by atoms with Gasteiger partial charge in [-0.2, -0.15) is 0 Å². The Balaban J connectivity index is 1.58. The minimum atomic E-state index is -4.23. The molecule has 5 rings (SSSR count). The third kappa shape index (κ3) is 3.30. The van der Waals surface area contributed by atoms with Crippen molar-refractivity contribution in [2.45, 2.75) is 11.3 Å². The number of carbonyl (C=O) groups is 2. The summed E-state index contributed by atoms with van der Waals surface area (Å²) in [5.74, 6) is -3.45. The zero-order valence-corrected chi connectivity index (χ0v) is 17.7. The van der Waals surface area contributed by atoms with Crippen LogP contribution in [0, 0.1) is 11.6 Å². The van der Waals surface area contributed by atoms with E-state index >= 15 is 0 Å². The Bertz CT molecular complexity index is 1510. The van der Waals surface area contributed by atoms with Crippen LogP contribution < -0.4 is 0 Å². The van der Waals surface area contributed by atoms with Crippen molar-refractivity contribution in [3.63, 3.8) is 0 Å². The number of fused-ring (bicyclic) bond motifs is 2. The van der Waals surface area contributed by atoms with E-state index in [-0.39, 0.29) is 45.8 Å². The lowest BCUT2D eigenvalue weighted by atomic mass is 10.1. The molecule has 0 spiro atoms. The topological polar surface area (TPSA) is 89.3 Å². The summed E-state index contributed by atoms with van der Waals surface area (Å²) in [6, 6.07) is 15.4. The zero-order chi connectivity index (χ0) is 23.3. The largest absolute Gasteiger partial charge is 0.274 e. The number of halogens is 2. The highest BCUT2D eigenvalue weighted by Gasteiger charge is 2.35. The highest BCUT2D eigenvalue weighted by molar-refractivity contribution is 7.90. The smallest absolute Gasteiger partial charge is 0.269 e. The summed E-state index contributed by atoms with van der Waals surface area (Å²) in [5.41, 5.74) is 0.315. The zero-order valence-electron chi connectivity index (χ0n) is 16.9. The minimum absolute atomic E-state index is 0.0598. The summed E-state index contributed by atoms with van der Waals surface area (Å²) in [5, 5.41) is 0. The van der Waals surface area contributed by atoms with Crippen molar-refractivity contribution >= 4 is 32.9 Å². The molecular weight excluding hydrogens is 452 g/mol. The van der Waals surface area contributed by atoms with Crippen molar-refractivity contribution < 1.29 is 26.8 Å². The molecule has 0 N–H and O–H groups in total. The first-order valence-electron chi connectivity index (χ1n) is 9.91.